The lowest BCUT2D eigenvalue weighted by atomic mass is 10.3. The second-order valence-corrected chi connectivity index (χ2v) is 6.32. The lowest BCUT2D eigenvalue weighted by Crippen LogP contribution is -2.29. The molecule has 0 spiro atoms. The van der Waals surface area contributed by atoms with Crippen LogP contribution in [0.2, 0.25) is 5.02 Å². The minimum absolute atomic E-state index is 0.0898. The van der Waals surface area contributed by atoms with Crippen LogP contribution in [0, 0.1) is 0 Å². The van der Waals surface area contributed by atoms with E-state index in [0.29, 0.717) is 29.1 Å². The van der Waals surface area contributed by atoms with E-state index < -0.39 is 0 Å². The molecule has 0 aliphatic heterocycles. The second kappa shape index (κ2) is 8.73. The Bertz CT molecular complexity index is 632. The standard InChI is InChI=1S/C14H18ClN5O2S/c1-10(2)20-14(17-18-19-20)23-9-13(21)16-7-8-22-12-5-3-11(15)4-6-12/h3-6,10H,7-9H2,1-2H3,(H,16,21). The van der Waals surface area contributed by atoms with E-state index in [4.69, 9.17) is 16.3 Å². The van der Waals surface area contributed by atoms with Crippen molar-refractivity contribution in [3.8, 4) is 5.75 Å². The van der Waals surface area contributed by atoms with Crippen molar-refractivity contribution in [2.24, 2.45) is 0 Å². The van der Waals surface area contributed by atoms with Gasteiger partial charge < -0.3 is 10.1 Å². The van der Waals surface area contributed by atoms with E-state index >= 15 is 0 Å². The van der Waals surface area contributed by atoms with Gasteiger partial charge in [-0.1, -0.05) is 23.4 Å². The third-order valence-corrected chi connectivity index (χ3v) is 3.98. The van der Waals surface area contributed by atoms with Gasteiger partial charge in [-0.15, -0.1) is 5.10 Å². The Kier molecular flexibility index (Phi) is 6.66. The number of carbonyl (C=O) groups is 1. The van der Waals surface area contributed by atoms with Crippen LogP contribution in [0.15, 0.2) is 29.4 Å². The van der Waals surface area contributed by atoms with Crippen molar-refractivity contribution < 1.29 is 9.53 Å². The number of ether oxygens (including phenoxy) is 1. The van der Waals surface area contributed by atoms with Crippen LogP contribution in [0.4, 0.5) is 0 Å². The monoisotopic (exact) mass is 355 g/mol. The maximum atomic E-state index is 11.8. The third kappa shape index (κ3) is 5.72. The number of hydrogen-bond acceptors (Lipinski definition) is 6. The summed E-state index contributed by atoms with van der Waals surface area (Å²) in [5.74, 6) is 0.885. The first-order chi connectivity index (χ1) is 11.1. The number of rotatable bonds is 8. The average molecular weight is 356 g/mol. The molecule has 1 amide bonds. The highest BCUT2D eigenvalue weighted by Gasteiger charge is 2.11. The first kappa shape index (κ1) is 17.6. The van der Waals surface area contributed by atoms with Crippen LogP contribution < -0.4 is 10.1 Å². The van der Waals surface area contributed by atoms with E-state index in [1.807, 2.05) is 13.8 Å². The van der Waals surface area contributed by atoms with E-state index in [9.17, 15) is 4.79 Å². The molecule has 2 rings (SSSR count). The number of nitrogens with one attached hydrogen (secondary N) is 1. The fraction of sp³-hybridized carbons (Fsp3) is 0.429. The zero-order valence-electron chi connectivity index (χ0n) is 12.9. The van der Waals surface area contributed by atoms with Gasteiger partial charge >= 0.3 is 0 Å². The Balaban J connectivity index is 1.65. The molecule has 0 saturated carbocycles. The molecule has 0 bridgehead atoms. The molecule has 0 aliphatic carbocycles. The third-order valence-electron chi connectivity index (χ3n) is 2.79. The van der Waals surface area contributed by atoms with Crippen LogP contribution in [-0.2, 0) is 4.79 Å². The Hall–Kier alpha value is -1.80. The molecule has 1 aromatic carbocycles. The topological polar surface area (TPSA) is 81.9 Å². The van der Waals surface area contributed by atoms with Crippen molar-refractivity contribution in [1.29, 1.82) is 0 Å². The van der Waals surface area contributed by atoms with E-state index in [2.05, 4.69) is 20.8 Å². The molecule has 124 valence electrons. The number of halogens is 1. The normalized spacial score (nSPS) is 10.8. The number of tetrazole rings is 1. The van der Waals surface area contributed by atoms with Gasteiger partial charge in [-0.05, 0) is 48.5 Å². The van der Waals surface area contributed by atoms with Crippen molar-refractivity contribution in [2.45, 2.75) is 25.0 Å². The van der Waals surface area contributed by atoms with Gasteiger partial charge in [0.2, 0.25) is 11.1 Å². The summed E-state index contributed by atoms with van der Waals surface area (Å²) in [6.07, 6.45) is 0. The van der Waals surface area contributed by atoms with Crippen LogP contribution >= 0.6 is 23.4 Å². The van der Waals surface area contributed by atoms with Crippen molar-refractivity contribution in [1.82, 2.24) is 25.5 Å². The van der Waals surface area contributed by atoms with Crippen LogP contribution in [-0.4, -0.2) is 45.0 Å². The van der Waals surface area contributed by atoms with Crippen LogP contribution in [0.3, 0.4) is 0 Å². The Morgan fingerprint density at radius 2 is 2.13 bits per heavy atom. The SMILES string of the molecule is CC(C)n1nnnc1SCC(=O)NCCOc1ccc(Cl)cc1. The molecule has 7 nitrogen and oxygen atoms in total. The average Bonchev–Trinajstić information content (AvgIpc) is 3.00. The van der Waals surface area contributed by atoms with Gasteiger partial charge in [-0.25, -0.2) is 4.68 Å². The first-order valence-electron chi connectivity index (χ1n) is 7.12. The predicted octanol–water partition coefficient (Wildman–Crippen LogP) is 2.19. The highest BCUT2D eigenvalue weighted by molar-refractivity contribution is 7.99. The number of aromatic nitrogens is 4. The fourth-order valence-electron chi connectivity index (χ4n) is 1.68. The van der Waals surface area contributed by atoms with Gasteiger partial charge in [0.1, 0.15) is 12.4 Å². The number of carbonyl (C=O) groups excluding carboxylic acids is 1. The molecule has 0 fully saturated rings. The lowest BCUT2D eigenvalue weighted by Gasteiger charge is -2.08. The van der Waals surface area contributed by atoms with Gasteiger partial charge in [0.05, 0.1) is 18.3 Å². The molecule has 23 heavy (non-hydrogen) atoms. The molecule has 2 aromatic rings. The zero-order chi connectivity index (χ0) is 16.7. The first-order valence-corrected chi connectivity index (χ1v) is 8.48. The molecule has 9 heteroatoms. The summed E-state index contributed by atoms with van der Waals surface area (Å²) >= 11 is 7.10. The summed E-state index contributed by atoms with van der Waals surface area (Å²) in [6.45, 7) is 4.78. The highest BCUT2D eigenvalue weighted by atomic mass is 35.5. The maximum absolute atomic E-state index is 11.8. The van der Waals surface area contributed by atoms with E-state index in [0.717, 1.165) is 0 Å². The highest BCUT2D eigenvalue weighted by Crippen LogP contribution is 2.17. The predicted molar refractivity (Wildman–Crippen MR) is 88.9 cm³/mol. The molecule has 0 saturated heterocycles. The second-order valence-electron chi connectivity index (χ2n) is 4.94. The molecule has 0 aliphatic rings. The van der Waals surface area contributed by atoms with E-state index in [1.165, 1.54) is 11.8 Å². The Morgan fingerprint density at radius 3 is 2.83 bits per heavy atom. The molecule has 0 atom stereocenters. The van der Waals surface area contributed by atoms with Gasteiger partial charge in [-0.3, -0.25) is 4.79 Å². The number of amides is 1. The summed E-state index contributed by atoms with van der Waals surface area (Å²) in [5.41, 5.74) is 0. The van der Waals surface area contributed by atoms with E-state index in [1.54, 1.807) is 28.9 Å². The van der Waals surface area contributed by atoms with Crippen LogP contribution in [0.1, 0.15) is 19.9 Å². The molecule has 0 unspecified atom stereocenters. The maximum Gasteiger partial charge on any atom is 0.230 e. The lowest BCUT2D eigenvalue weighted by molar-refractivity contribution is -0.118. The molecular weight excluding hydrogens is 338 g/mol. The quantitative estimate of drug-likeness (QED) is 0.577. The molecule has 1 heterocycles. The summed E-state index contributed by atoms with van der Waals surface area (Å²) in [7, 11) is 0. The Morgan fingerprint density at radius 1 is 1.39 bits per heavy atom. The zero-order valence-corrected chi connectivity index (χ0v) is 14.5. The van der Waals surface area contributed by atoms with Crippen molar-refractivity contribution in [3.05, 3.63) is 29.3 Å². The summed E-state index contributed by atoms with van der Waals surface area (Å²) in [6, 6.07) is 7.23. The van der Waals surface area contributed by atoms with Crippen molar-refractivity contribution >= 4 is 29.3 Å². The van der Waals surface area contributed by atoms with Gasteiger partial charge in [0.15, 0.2) is 0 Å². The van der Waals surface area contributed by atoms with E-state index in [-0.39, 0.29) is 17.7 Å². The van der Waals surface area contributed by atoms with Gasteiger partial charge in [0.25, 0.3) is 0 Å². The minimum Gasteiger partial charge on any atom is -0.492 e. The summed E-state index contributed by atoms with van der Waals surface area (Å²) < 4.78 is 7.18. The molecule has 0 radical (unpaired) electrons. The fourth-order valence-corrected chi connectivity index (χ4v) is 2.64. The smallest absolute Gasteiger partial charge is 0.230 e. The number of nitrogens with zero attached hydrogens (tertiary/aromatic N) is 4. The largest absolute Gasteiger partial charge is 0.492 e. The van der Waals surface area contributed by atoms with Crippen LogP contribution in [0.5, 0.6) is 5.75 Å². The van der Waals surface area contributed by atoms with Crippen molar-refractivity contribution in [3.63, 3.8) is 0 Å². The number of hydrogen-bond donors (Lipinski definition) is 1. The summed E-state index contributed by atoms with van der Waals surface area (Å²) in [5, 5.41) is 15.5. The van der Waals surface area contributed by atoms with Crippen LogP contribution in [0.25, 0.3) is 0 Å². The van der Waals surface area contributed by atoms with Crippen molar-refractivity contribution in [2.75, 3.05) is 18.9 Å². The number of thioether (sulfide) groups is 1. The molecule has 1 N–H and O–H groups in total. The number of benzene rings is 1. The summed E-state index contributed by atoms with van der Waals surface area (Å²) in [4.78, 5) is 11.8. The minimum atomic E-state index is -0.0898. The van der Waals surface area contributed by atoms with Gasteiger partial charge in [-0.2, -0.15) is 0 Å². The Labute approximate surface area is 143 Å². The molecular formula is C14H18ClN5O2S. The van der Waals surface area contributed by atoms with Gasteiger partial charge in [0, 0.05) is 5.02 Å². The molecule has 1 aromatic heterocycles.